The van der Waals surface area contributed by atoms with Crippen molar-refractivity contribution in [3.8, 4) is 5.75 Å². The van der Waals surface area contributed by atoms with Gasteiger partial charge in [-0.25, -0.2) is 0 Å². The molecule has 0 spiro atoms. The summed E-state index contributed by atoms with van der Waals surface area (Å²) >= 11 is 6.08. The maximum absolute atomic E-state index is 13.0. The number of piperazine rings is 1. The van der Waals surface area contributed by atoms with E-state index >= 15 is 0 Å². The number of carbonyl (C=O) groups excluding carboxylic acids is 2. The summed E-state index contributed by atoms with van der Waals surface area (Å²) in [6, 6.07) is 4.47. The first-order chi connectivity index (χ1) is 11.6. The summed E-state index contributed by atoms with van der Waals surface area (Å²) in [5.74, 6) is 0.375. The molecule has 2 aliphatic heterocycles. The summed E-state index contributed by atoms with van der Waals surface area (Å²) in [7, 11) is 1.53. The standard InChI is InChI=1S/C17H22ClN3O3/c1-24-14-9-12(8-13(18)10-14)16(22)21-7-4-19-11-15(21)17(23)20-5-2-3-6-20/h8-10,15,19H,2-7,11H2,1H3/t15-/m1/s1. The van der Waals surface area contributed by atoms with Crippen molar-refractivity contribution in [2.45, 2.75) is 18.9 Å². The van der Waals surface area contributed by atoms with Crippen LogP contribution in [0, 0.1) is 0 Å². The second-order valence-corrected chi connectivity index (χ2v) is 6.57. The van der Waals surface area contributed by atoms with Gasteiger partial charge in [0.1, 0.15) is 11.8 Å². The van der Waals surface area contributed by atoms with Crippen molar-refractivity contribution >= 4 is 23.4 Å². The lowest BCUT2D eigenvalue weighted by Crippen LogP contribution is -2.59. The molecule has 130 valence electrons. The van der Waals surface area contributed by atoms with Crippen molar-refractivity contribution < 1.29 is 14.3 Å². The average molecular weight is 352 g/mol. The van der Waals surface area contributed by atoms with E-state index < -0.39 is 6.04 Å². The lowest BCUT2D eigenvalue weighted by molar-refractivity contribution is -0.135. The molecule has 7 heteroatoms. The Kier molecular flexibility index (Phi) is 5.26. The van der Waals surface area contributed by atoms with Crippen molar-refractivity contribution in [2.24, 2.45) is 0 Å². The second-order valence-electron chi connectivity index (χ2n) is 6.13. The molecule has 2 saturated heterocycles. The lowest BCUT2D eigenvalue weighted by Gasteiger charge is -2.37. The van der Waals surface area contributed by atoms with E-state index in [2.05, 4.69) is 5.32 Å². The summed E-state index contributed by atoms with van der Waals surface area (Å²) in [6.07, 6.45) is 2.07. The molecule has 24 heavy (non-hydrogen) atoms. The molecule has 1 aromatic rings. The molecule has 6 nitrogen and oxygen atoms in total. The number of methoxy groups -OCH3 is 1. The van der Waals surface area contributed by atoms with Gasteiger partial charge in [-0.1, -0.05) is 11.6 Å². The number of carbonyl (C=O) groups is 2. The zero-order chi connectivity index (χ0) is 17.1. The Morgan fingerprint density at radius 1 is 1.21 bits per heavy atom. The van der Waals surface area contributed by atoms with Crippen LogP contribution >= 0.6 is 11.6 Å². The molecule has 0 unspecified atom stereocenters. The average Bonchev–Trinajstić information content (AvgIpc) is 3.14. The zero-order valence-electron chi connectivity index (χ0n) is 13.8. The Bertz CT molecular complexity index is 632. The minimum Gasteiger partial charge on any atom is -0.497 e. The Morgan fingerprint density at radius 2 is 1.96 bits per heavy atom. The highest BCUT2D eigenvalue weighted by Crippen LogP contribution is 2.23. The molecule has 1 aromatic carbocycles. The number of nitrogens with one attached hydrogen (secondary N) is 1. The van der Waals surface area contributed by atoms with Crippen molar-refractivity contribution in [3.63, 3.8) is 0 Å². The maximum Gasteiger partial charge on any atom is 0.254 e. The normalized spacial score (nSPS) is 21.0. The van der Waals surface area contributed by atoms with Gasteiger partial charge in [-0.15, -0.1) is 0 Å². The van der Waals surface area contributed by atoms with Gasteiger partial charge in [-0.3, -0.25) is 9.59 Å². The number of amides is 2. The van der Waals surface area contributed by atoms with Crippen LogP contribution in [-0.4, -0.2) is 67.5 Å². The Balaban J connectivity index is 1.83. The molecule has 3 rings (SSSR count). The number of hydrogen-bond donors (Lipinski definition) is 1. The van der Waals surface area contributed by atoms with E-state index in [9.17, 15) is 9.59 Å². The van der Waals surface area contributed by atoms with Crippen LogP contribution in [0.15, 0.2) is 18.2 Å². The van der Waals surface area contributed by atoms with Crippen LogP contribution in [0.5, 0.6) is 5.75 Å². The number of nitrogens with zero attached hydrogens (tertiary/aromatic N) is 2. The van der Waals surface area contributed by atoms with Crippen LogP contribution in [0.25, 0.3) is 0 Å². The molecule has 0 saturated carbocycles. The van der Waals surface area contributed by atoms with E-state index in [0.717, 1.165) is 25.9 Å². The highest BCUT2D eigenvalue weighted by molar-refractivity contribution is 6.31. The fourth-order valence-corrected chi connectivity index (χ4v) is 3.51. The minimum absolute atomic E-state index is 0.0297. The molecule has 1 atom stereocenters. The summed E-state index contributed by atoms with van der Waals surface area (Å²) < 4.78 is 5.19. The van der Waals surface area contributed by atoms with Gasteiger partial charge in [0, 0.05) is 43.3 Å². The number of halogens is 1. The summed E-state index contributed by atoms with van der Waals surface area (Å²) in [4.78, 5) is 29.3. The quantitative estimate of drug-likeness (QED) is 0.893. The molecule has 0 aliphatic carbocycles. The number of hydrogen-bond acceptors (Lipinski definition) is 4. The van der Waals surface area contributed by atoms with E-state index in [1.165, 1.54) is 7.11 Å². The van der Waals surface area contributed by atoms with Crippen molar-refractivity contribution in [1.82, 2.24) is 15.1 Å². The Hall–Kier alpha value is -1.79. The monoisotopic (exact) mass is 351 g/mol. The summed E-state index contributed by atoms with van der Waals surface area (Å²) in [6.45, 7) is 3.22. The van der Waals surface area contributed by atoms with E-state index in [1.54, 1.807) is 23.1 Å². The highest BCUT2D eigenvalue weighted by atomic mass is 35.5. The molecular formula is C17H22ClN3O3. The van der Waals surface area contributed by atoms with E-state index in [0.29, 0.717) is 36.0 Å². The van der Waals surface area contributed by atoms with Gasteiger partial charge in [-0.2, -0.15) is 0 Å². The topological polar surface area (TPSA) is 61.9 Å². The fourth-order valence-electron chi connectivity index (χ4n) is 3.29. The first-order valence-electron chi connectivity index (χ1n) is 8.25. The van der Waals surface area contributed by atoms with Crippen LogP contribution < -0.4 is 10.1 Å². The van der Waals surface area contributed by atoms with Gasteiger partial charge in [0.05, 0.1) is 7.11 Å². The van der Waals surface area contributed by atoms with Crippen LogP contribution in [0.3, 0.4) is 0 Å². The summed E-state index contributed by atoms with van der Waals surface area (Å²) in [5.41, 5.74) is 0.445. The third kappa shape index (κ3) is 3.49. The molecule has 0 bridgehead atoms. The molecule has 2 heterocycles. The number of benzene rings is 1. The third-order valence-electron chi connectivity index (χ3n) is 4.56. The smallest absolute Gasteiger partial charge is 0.254 e. The van der Waals surface area contributed by atoms with Crippen molar-refractivity contribution in [1.29, 1.82) is 0 Å². The van der Waals surface area contributed by atoms with Gasteiger partial charge in [0.25, 0.3) is 5.91 Å². The first-order valence-corrected chi connectivity index (χ1v) is 8.63. The fraction of sp³-hybridized carbons (Fsp3) is 0.529. The van der Waals surface area contributed by atoms with Crippen LogP contribution in [0.2, 0.25) is 5.02 Å². The van der Waals surface area contributed by atoms with Gasteiger partial charge in [-0.05, 0) is 31.0 Å². The van der Waals surface area contributed by atoms with Crippen molar-refractivity contribution in [3.05, 3.63) is 28.8 Å². The lowest BCUT2D eigenvalue weighted by atomic mass is 10.1. The van der Waals surface area contributed by atoms with Crippen molar-refractivity contribution in [2.75, 3.05) is 39.8 Å². The molecular weight excluding hydrogens is 330 g/mol. The number of rotatable bonds is 3. The zero-order valence-corrected chi connectivity index (χ0v) is 14.5. The van der Waals surface area contributed by atoms with E-state index in [1.807, 2.05) is 4.90 Å². The maximum atomic E-state index is 13.0. The molecule has 2 fully saturated rings. The van der Waals surface area contributed by atoms with Gasteiger partial charge in [0.2, 0.25) is 5.91 Å². The molecule has 0 aromatic heterocycles. The predicted molar refractivity (Wildman–Crippen MR) is 91.5 cm³/mol. The largest absolute Gasteiger partial charge is 0.497 e. The Morgan fingerprint density at radius 3 is 2.67 bits per heavy atom. The Labute approximate surface area is 146 Å². The van der Waals surface area contributed by atoms with Crippen LogP contribution in [0.4, 0.5) is 0 Å². The molecule has 0 radical (unpaired) electrons. The van der Waals surface area contributed by atoms with Gasteiger partial charge < -0.3 is 19.9 Å². The molecule has 2 amide bonds. The van der Waals surface area contributed by atoms with E-state index in [4.69, 9.17) is 16.3 Å². The summed E-state index contributed by atoms with van der Waals surface area (Å²) in [5, 5.41) is 3.66. The molecule has 1 N–H and O–H groups in total. The first kappa shape index (κ1) is 17.0. The van der Waals surface area contributed by atoms with Gasteiger partial charge in [0.15, 0.2) is 0 Å². The SMILES string of the molecule is COc1cc(Cl)cc(C(=O)N2CCNC[C@@H]2C(=O)N2CCCC2)c1. The number of likely N-dealkylation sites (tertiary alicyclic amines) is 1. The second kappa shape index (κ2) is 7.40. The van der Waals surface area contributed by atoms with E-state index in [-0.39, 0.29) is 11.8 Å². The predicted octanol–water partition coefficient (Wildman–Crippen LogP) is 1.38. The minimum atomic E-state index is -0.464. The number of ether oxygens (including phenoxy) is 1. The van der Waals surface area contributed by atoms with Crippen LogP contribution in [-0.2, 0) is 4.79 Å². The van der Waals surface area contributed by atoms with Crippen LogP contribution in [0.1, 0.15) is 23.2 Å². The third-order valence-corrected chi connectivity index (χ3v) is 4.78. The molecule has 2 aliphatic rings. The highest BCUT2D eigenvalue weighted by Gasteiger charge is 2.36. The van der Waals surface area contributed by atoms with Gasteiger partial charge >= 0.3 is 0 Å².